The highest BCUT2D eigenvalue weighted by molar-refractivity contribution is 7.14. The molecule has 0 fully saturated rings. The Kier molecular flexibility index (Phi) is 5.01. The molecule has 0 spiro atoms. The summed E-state index contributed by atoms with van der Waals surface area (Å²) in [5.41, 5.74) is 10.3. The number of thiazole rings is 1. The van der Waals surface area contributed by atoms with E-state index in [1.165, 1.54) is 18.4 Å². The lowest BCUT2D eigenvalue weighted by molar-refractivity contribution is 0.373. The van der Waals surface area contributed by atoms with E-state index in [0.717, 1.165) is 27.5 Å². The third kappa shape index (κ3) is 3.97. The molecule has 0 amide bonds. The van der Waals surface area contributed by atoms with Crippen molar-refractivity contribution in [2.45, 2.75) is 6.92 Å². The lowest BCUT2D eigenvalue weighted by Gasteiger charge is -2.11. The van der Waals surface area contributed by atoms with Crippen molar-refractivity contribution in [3.05, 3.63) is 59.6 Å². The van der Waals surface area contributed by atoms with Gasteiger partial charge >= 0.3 is 0 Å². The van der Waals surface area contributed by atoms with Crippen molar-refractivity contribution in [2.75, 3.05) is 18.2 Å². The molecule has 2 heterocycles. The van der Waals surface area contributed by atoms with Crippen molar-refractivity contribution in [1.82, 2.24) is 15.0 Å². The second-order valence-corrected chi connectivity index (χ2v) is 7.24. The van der Waals surface area contributed by atoms with Gasteiger partial charge in [0.05, 0.1) is 7.11 Å². The maximum atomic E-state index is 9.83. The van der Waals surface area contributed by atoms with Gasteiger partial charge in [-0.3, -0.25) is 0 Å². The number of nitrogens with one attached hydrogen (secondary N) is 1. The number of benzene rings is 2. The highest BCUT2D eigenvalue weighted by Crippen LogP contribution is 2.34. The molecule has 0 aliphatic carbocycles. The molecular weight excluding hydrogens is 386 g/mol. The number of aromatic hydroxyl groups is 1. The zero-order valence-corrected chi connectivity index (χ0v) is 16.7. The molecule has 0 unspecified atom stereocenters. The Morgan fingerprint density at radius 3 is 2.66 bits per heavy atom. The van der Waals surface area contributed by atoms with Gasteiger partial charge in [0.2, 0.25) is 0 Å². The van der Waals surface area contributed by atoms with Crippen LogP contribution in [0.25, 0.3) is 22.6 Å². The molecule has 8 heteroatoms. The van der Waals surface area contributed by atoms with Crippen LogP contribution in [0.3, 0.4) is 0 Å². The van der Waals surface area contributed by atoms with Crippen LogP contribution >= 0.6 is 11.3 Å². The molecule has 0 bridgehead atoms. The Hall–Kier alpha value is -3.65. The van der Waals surface area contributed by atoms with Crippen LogP contribution in [0.5, 0.6) is 11.5 Å². The van der Waals surface area contributed by atoms with Gasteiger partial charge in [-0.25, -0.2) is 15.0 Å². The van der Waals surface area contributed by atoms with Crippen LogP contribution in [0.2, 0.25) is 0 Å². The van der Waals surface area contributed by atoms with Crippen molar-refractivity contribution in [2.24, 2.45) is 0 Å². The van der Waals surface area contributed by atoms with E-state index in [-0.39, 0.29) is 5.75 Å². The second kappa shape index (κ2) is 7.76. The number of phenolic OH excluding ortho intramolecular Hbond substituents is 1. The number of rotatable bonds is 5. The minimum Gasteiger partial charge on any atom is -0.504 e. The Bertz CT molecular complexity index is 1180. The largest absolute Gasteiger partial charge is 0.504 e. The summed E-state index contributed by atoms with van der Waals surface area (Å²) >= 11 is 1.47. The van der Waals surface area contributed by atoms with E-state index in [1.807, 2.05) is 42.6 Å². The fourth-order valence-corrected chi connectivity index (χ4v) is 3.54. The van der Waals surface area contributed by atoms with Gasteiger partial charge in [-0.15, -0.1) is 11.3 Å². The van der Waals surface area contributed by atoms with E-state index in [2.05, 4.69) is 20.3 Å². The van der Waals surface area contributed by atoms with Crippen LogP contribution in [0.1, 0.15) is 5.56 Å². The summed E-state index contributed by atoms with van der Waals surface area (Å²) in [7, 11) is 1.53. The lowest BCUT2D eigenvalue weighted by Crippen LogP contribution is -1.96. The minimum absolute atomic E-state index is 0.112. The molecule has 4 aromatic rings. The first-order valence-electron chi connectivity index (χ1n) is 8.83. The van der Waals surface area contributed by atoms with Gasteiger partial charge in [-0.2, -0.15) is 0 Å². The summed E-state index contributed by atoms with van der Waals surface area (Å²) in [6, 6.07) is 13.0. The predicted octanol–water partition coefficient (Wildman–Crippen LogP) is 4.62. The summed E-state index contributed by atoms with van der Waals surface area (Å²) in [6.07, 6.45) is 1.61. The predicted molar refractivity (Wildman–Crippen MR) is 116 cm³/mol. The van der Waals surface area contributed by atoms with Gasteiger partial charge in [0.15, 0.2) is 22.5 Å². The zero-order valence-electron chi connectivity index (χ0n) is 15.9. The topological polar surface area (TPSA) is 106 Å². The van der Waals surface area contributed by atoms with Gasteiger partial charge in [-0.1, -0.05) is 18.2 Å². The number of anilines is 3. The summed E-state index contributed by atoms with van der Waals surface area (Å²) < 4.78 is 5.22. The van der Waals surface area contributed by atoms with Crippen LogP contribution in [-0.4, -0.2) is 27.2 Å². The Morgan fingerprint density at radius 1 is 1.07 bits per heavy atom. The van der Waals surface area contributed by atoms with Gasteiger partial charge in [0.1, 0.15) is 11.5 Å². The zero-order chi connectivity index (χ0) is 20.4. The number of aryl methyl sites for hydroxylation is 1. The Morgan fingerprint density at radius 2 is 1.86 bits per heavy atom. The van der Waals surface area contributed by atoms with Gasteiger partial charge in [-0.05, 0) is 47.9 Å². The van der Waals surface area contributed by atoms with Crippen molar-refractivity contribution >= 4 is 28.0 Å². The molecule has 0 atom stereocenters. The van der Waals surface area contributed by atoms with E-state index in [0.29, 0.717) is 23.1 Å². The number of hydrogen-bond acceptors (Lipinski definition) is 8. The van der Waals surface area contributed by atoms with Gasteiger partial charge in [0.25, 0.3) is 0 Å². The van der Waals surface area contributed by atoms with Crippen LogP contribution in [0, 0.1) is 6.92 Å². The first kappa shape index (κ1) is 18.7. The number of methoxy groups -OCH3 is 1. The molecule has 2 aromatic heterocycles. The normalized spacial score (nSPS) is 10.7. The van der Waals surface area contributed by atoms with Gasteiger partial charge < -0.3 is 20.9 Å². The number of aromatic nitrogens is 3. The highest BCUT2D eigenvalue weighted by Gasteiger charge is 2.11. The number of nitrogen functional groups attached to an aromatic ring is 1. The first-order chi connectivity index (χ1) is 14.0. The molecule has 2 aromatic carbocycles. The summed E-state index contributed by atoms with van der Waals surface area (Å²) in [4.78, 5) is 13.0. The third-order valence-corrected chi connectivity index (χ3v) is 5.16. The molecule has 4 N–H and O–H groups in total. The lowest BCUT2D eigenvalue weighted by atomic mass is 10.0. The molecule has 0 radical (unpaired) electrons. The first-order valence-corrected chi connectivity index (χ1v) is 9.71. The quantitative estimate of drug-likeness (QED) is 0.445. The number of phenols is 1. The van der Waals surface area contributed by atoms with Crippen LogP contribution < -0.4 is 15.8 Å². The summed E-state index contributed by atoms with van der Waals surface area (Å²) in [5.74, 6) is 1.45. The van der Waals surface area contributed by atoms with Gasteiger partial charge in [0, 0.05) is 17.3 Å². The fourth-order valence-electron chi connectivity index (χ4n) is 2.84. The molecule has 7 nitrogen and oxygen atoms in total. The molecule has 146 valence electrons. The van der Waals surface area contributed by atoms with Crippen LogP contribution in [0.4, 0.5) is 16.6 Å². The number of nitrogens with zero attached hydrogens (tertiary/aromatic N) is 3. The van der Waals surface area contributed by atoms with Crippen molar-refractivity contribution in [1.29, 1.82) is 0 Å². The molecule has 29 heavy (non-hydrogen) atoms. The smallest absolute Gasteiger partial charge is 0.187 e. The standard InChI is InChI=1S/C21H19N5O2S/c1-12-3-4-13(14-5-6-17(27)18(10-14)28-2)9-15(12)24-21-25-16(11-29-21)20-23-8-7-19(22)26-20/h3-11,27H,1-2H3,(H,24,25)(H2,22,23,26). The Balaban J connectivity index is 1.62. The number of hydrogen-bond donors (Lipinski definition) is 3. The summed E-state index contributed by atoms with van der Waals surface area (Å²) in [5, 5.41) is 15.8. The SMILES string of the molecule is COc1cc(-c2ccc(C)c(Nc3nc(-c4nccc(N)n4)cs3)c2)ccc1O. The van der Waals surface area contributed by atoms with E-state index in [9.17, 15) is 5.11 Å². The molecule has 0 aliphatic heterocycles. The van der Waals surface area contributed by atoms with E-state index in [4.69, 9.17) is 10.5 Å². The van der Waals surface area contributed by atoms with Crippen molar-refractivity contribution in [3.8, 4) is 34.1 Å². The number of ether oxygens (including phenoxy) is 1. The highest BCUT2D eigenvalue weighted by atomic mass is 32.1. The fraction of sp³-hybridized carbons (Fsp3) is 0.0952. The van der Waals surface area contributed by atoms with Crippen molar-refractivity contribution in [3.63, 3.8) is 0 Å². The average Bonchev–Trinajstić information content (AvgIpc) is 3.19. The second-order valence-electron chi connectivity index (χ2n) is 6.38. The average molecular weight is 405 g/mol. The maximum Gasteiger partial charge on any atom is 0.187 e. The molecule has 4 rings (SSSR count). The molecule has 0 saturated heterocycles. The van der Waals surface area contributed by atoms with E-state index in [1.54, 1.807) is 18.3 Å². The summed E-state index contributed by atoms with van der Waals surface area (Å²) in [6.45, 7) is 2.03. The molecular formula is C21H19N5O2S. The molecule has 0 aliphatic rings. The Labute approximate surface area is 171 Å². The van der Waals surface area contributed by atoms with Crippen molar-refractivity contribution < 1.29 is 9.84 Å². The van der Waals surface area contributed by atoms with Crippen LogP contribution in [-0.2, 0) is 0 Å². The van der Waals surface area contributed by atoms with E-state index >= 15 is 0 Å². The minimum atomic E-state index is 0.112. The maximum absolute atomic E-state index is 9.83. The van der Waals surface area contributed by atoms with E-state index < -0.39 is 0 Å². The van der Waals surface area contributed by atoms with Crippen LogP contribution in [0.15, 0.2) is 54.0 Å². The molecule has 0 saturated carbocycles. The monoisotopic (exact) mass is 405 g/mol. The number of nitrogens with two attached hydrogens (primary N) is 1. The third-order valence-electron chi connectivity index (χ3n) is 4.40.